The molecule has 0 aromatic heterocycles. The van der Waals surface area contributed by atoms with Crippen LogP contribution in [-0.2, 0) is 11.2 Å². The first-order valence-electron chi connectivity index (χ1n) is 4.37. The summed E-state index contributed by atoms with van der Waals surface area (Å²) in [4.78, 5) is 12.6. The Balaban J connectivity index is 2.40. The molecule has 0 saturated heterocycles. The predicted molar refractivity (Wildman–Crippen MR) is 51.6 cm³/mol. The van der Waals surface area contributed by atoms with E-state index in [1.54, 1.807) is 30.1 Å². The van der Waals surface area contributed by atoms with E-state index in [0.717, 1.165) is 11.3 Å². The number of likely N-dealkylation sites (N-methyl/N-ethyl adjacent to an activating group) is 1. The van der Waals surface area contributed by atoms with Gasteiger partial charge in [-0.1, -0.05) is 0 Å². The molecule has 0 saturated carbocycles. The second kappa shape index (κ2) is 2.90. The van der Waals surface area contributed by atoms with Crippen molar-refractivity contribution in [3.05, 3.63) is 23.8 Å². The highest BCUT2D eigenvalue weighted by atomic mass is 16.4. The molecule has 1 aromatic rings. The molecule has 1 aliphatic heterocycles. The third-order valence-electron chi connectivity index (χ3n) is 2.61. The predicted octanol–water partition coefficient (Wildman–Crippen LogP) is 0.838. The number of hydrogen-bond acceptors (Lipinski definition) is 3. The molecule has 4 heteroatoms. The molecule has 1 heterocycles. The van der Waals surface area contributed by atoms with Crippen LogP contribution in [0.4, 0.5) is 5.69 Å². The van der Waals surface area contributed by atoms with Crippen molar-refractivity contribution in [2.75, 3.05) is 11.9 Å². The average molecular weight is 193 g/mol. The van der Waals surface area contributed by atoms with Crippen LogP contribution in [0, 0.1) is 0 Å². The smallest absolute Gasteiger partial charge is 0.326 e. The minimum atomic E-state index is -0.830. The summed E-state index contributed by atoms with van der Waals surface area (Å²) in [6.45, 7) is 0. The number of hydrogen-bond donors (Lipinski definition) is 2. The molecule has 0 bridgehead atoms. The number of fused-ring (bicyclic) bond motifs is 1. The Kier molecular flexibility index (Phi) is 1.84. The molecule has 1 aliphatic rings. The van der Waals surface area contributed by atoms with Gasteiger partial charge in [0.05, 0.1) is 0 Å². The van der Waals surface area contributed by atoms with E-state index in [2.05, 4.69) is 0 Å². The van der Waals surface area contributed by atoms with Crippen LogP contribution in [0.1, 0.15) is 5.56 Å². The molecule has 0 fully saturated rings. The fourth-order valence-corrected chi connectivity index (χ4v) is 1.85. The molecule has 4 nitrogen and oxygen atoms in total. The number of phenolic OH excluding ortho intramolecular Hbond substituents is 1. The molecule has 2 N–H and O–H groups in total. The van der Waals surface area contributed by atoms with Gasteiger partial charge in [0.1, 0.15) is 11.8 Å². The standard InChI is InChI=1S/C10H11NO3/c1-11-8-3-2-7(12)4-6(8)5-9(11)10(13)14/h2-4,9,12H,5H2,1H3,(H,13,14). The normalized spacial score (nSPS) is 19.5. The lowest BCUT2D eigenvalue weighted by atomic mass is 10.1. The fraction of sp³-hybridized carbons (Fsp3) is 0.300. The first-order valence-corrected chi connectivity index (χ1v) is 4.37. The number of aliphatic carboxylic acids is 1. The van der Waals surface area contributed by atoms with Crippen LogP contribution in [0.3, 0.4) is 0 Å². The zero-order chi connectivity index (χ0) is 10.3. The maximum Gasteiger partial charge on any atom is 0.326 e. The van der Waals surface area contributed by atoms with Crippen molar-refractivity contribution in [1.29, 1.82) is 0 Å². The van der Waals surface area contributed by atoms with E-state index < -0.39 is 12.0 Å². The number of anilines is 1. The van der Waals surface area contributed by atoms with E-state index in [1.807, 2.05) is 0 Å². The first-order chi connectivity index (χ1) is 6.59. The van der Waals surface area contributed by atoms with Crippen molar-refractivity contribution in [1.82, 2.24) is 0 Å². The molecule has 1 aromatic carbocycles. The third kappa shape index (κ3) is 1.19. The van der Waals surface area contributed by atoms with Crippen LogP contribution in [0.25, 0.3) is 0 Å². The van der Waals surface area contributed by atoms with Gasteiger partial charge in [0, 0.05) is 19.2 Å². The maximum absolute atomic E-state index is 10.9. The molecule has 14 heavy (non-hydrogen) atoms. The van der Waals surface area contributed by atoms with Gasteiger partial charge in [0.25, 0.3) is 0 Å². The summed E-state index contributed by atoms with van der Waals surface area (Å²) < 4.78 is 0. The molecular formula is C10H11NO3. The quantitative estimate of drug-likeness (QED) is 0.693. The van der Waals surface area contributed by atoms with E-state index in [4.69, 9.17) is 5.11 Å². The third-order valence-corrected chi connectivity index (χ3v) is 2.61. The van der Waals surface area contributed by atoms with Crippen LogP contribution in [0.5, 0.6) is 5.75 Å². The average Bonchev–Trinajstić information content (AvgIpc) is 2.43. The molecule has 0 amide bonds. The van der Waals surface area contributed by atoms with Crippen LogP contribution in [-0.4, -0.2) is 29.3 Å². The van der Waals surface area contributed by atoms with Gasteiger partial charge in [-0.05, 0) is 23.8 Å². The lowest BCUT2D eigenvalue weighted by Crippen LogP contribution is -2.35. The topological polar surface area (TPSA) is 60.8 Å². The van der Waals surface area contributed by atoms with Crippen LogP contribution >= 0.6 is 0 Å². The van der Waals surface area contributed by atoms with Gasteiger partial charge in [-0.25, -0.2) is 4.79 Å². The van der Waals surface area contributed by atoms with E-state index in [1.165, 1.54) is 0 Å². The van der Waals surface area contributed by atoms with Crippen LogP contribution < -0.4 is 4.90 Å². The van der Waals surface area contributed by atoms with E-state index in [9.17, 15) is 9.90 Å². The highest BCUT2D eigenvalue weighted by molar-refractivity contribution is 5.82. The van der Waals surface area contributed by atoms with E-state index in [-0.39, 0.29) is 5.75 Å². The Morgan fingerprint density at radius 1 is 1.57 bits per heavy atom. The Morgan fingerprint density at radius 2 is 2.29 bits per heavy atom. The molecule has 2 rings (SSSR count). The molecule has 0 radical (unpaired) electrons. The second-order valence-corrected chi connectivity index (χ2v) is 3.48. The molecular weight excluding hydrogens is 182 g/mol. The summed E-state index contributed by atoms with van der Waals surface area (Å²) >= 11 is 0. The number of phenols is 1. The minimum absolute atomic E-state index is 0.184. The van der Waals surface area contributed by atoms with Crippen molar-refractivity contribution in [2.24, 2.45) is 0 Å². The Labute approximate surface area is 81.4 Å². The highest BCUT2D eigenvalue weighted by Gasteiger charge is 2.31. The van der Waals surface area contributed by atoms with Gasteiger partial charge < -0.3 is 15.1 Å². The molecule has 1 unspecified atom stereocenters. The van der Waals surface area contributed by atoms with Crippen molar-refractivity contribution < 1.29 is 15.0 Å². The first kappa shape index (κ1) is 8.87. The van der Waals surface area contributed by atoms with Gasteiger partial charge in [0.15, 0.2) is 0 Å². The van der Waals surface area contributed by atoms with Crippen molar-refractivity contribution >= 4 is 11.7 Å². The summed E-state index contributed by atoms with van der Waals surface area (Å²) in [7, 11) is 1.75. The largest absolute Gasteiger partial charge is 0.508 e. The van der Waals surface area contributed by atoms with E-state index in [0.29, 0.717) is 6.42 Å². The van der Waals surface area contributed by atoms with Gasteiger partial charge in [-0.2, -0.15) is 0 Å². The second-order valence-electron chi connectivity index (χ2n) is 3.48. The number of rotatable bonds is 1. The SMILES string of the molecule is CN1c2ccc(O)cc2CC1C(=O)O. The summed E-state index contributed by atoms with van der Waals surface area (Å²) in [6, 6.07) is 4.42. The van der Waals surface area contributed by atoms with Gasteiger partial charge in [0.2, 0.25) is 0 Å². The number of carboxylic acids is 1. The Bertz CT molecular complexity index is 389. The number of benzene rings is 1. The highest BCUT2D eigenvalue weighted by Crippen LogP contribution is 2.33. The maximum atomic E-state index is 10.9. The Morgan fingerprint density at radius 3 is 2.93 bits per heavy atom. The number of carbonyl (C=O) groups is 1. The number of carboxylic acid groups (broad SMARTS) is 1. The number of nitrogens with zero attached hydrogens (tertiary/aromatic N) is 1. The monoisotopic (exact) mass is 193 g/mol. The minimum Gasteiger partial charge on any atom is -0.508 e. The molecule has 0 spiro atoms. The zero-order valence-corrected chi connectivity index (χ0v) is 7.77. The van der Waals surface area contributed by atoms with Crippen molar-refractivity contribution in [3.8, 4) is 5.75 Å². The van der Waals surface area contributed by atoms with Gasteiger partial charge >= 0.3 is 5.97 Å². The van der Waals surface area contributed by atoms with E-state index >= 15 is 0 Å². The van der Waals surface area contributed by atoms with Crippen LogP contribution in [0.15, 0.2) is 18.2 Å². The van der Waals surface area contributed by atoms with Crippen molar-refractivity contribution in [3.63, 3.8) is 0 Å². The number of aromatic hydroxyl groups is 1. The fourth-order valence-electron chi connectivity index (χ4n) is 1.85. The van der Waals surface area contributed by atoms with Crippen LogP contribution in [0.2, 0.25) is 0 Å². The van der Waals surface area contributed by atoms with Gasteiger partial charge in [-0.15, -0.1) is 0 Å². The summed E-state index contributed by atoms with van der Waals surface area (Å²) in [6.07, 6.45) is 0.454. The lowest BCUT2D eigenvalue weighted by Gasteiger charge is -2.18. The summed E-state index contributed by atoms with van der Waals surface area (Å²) in [5, 5.41) is 18.2. The molecule has 1 atom stereocenters. The molecule has 0 aliphatic carbocycles. The Hall–Kier alpha value is -1.71. The summed E-state index contributed by atoms with van der Waals surface area (Å²) in [5.74, 6) is -0.647. The molecule has 74 valence electrons. The van der Waals surface area contributed by atoms with Gasteiger partial charge in [-0.3, -0.25) is 0 Å². The summed E-state index contributed by atoms with van der Waals surface area (Å²) in [5.41, 5.74) is 1.77. The lowest BCUT2D eigenvalue weighted by molar-refractivity contribution is -0.138. The van der Waals surface area contributed by atoms with Crippen molar-refractivity contribution in [2.45, 2.75) is 12.5 Å². The zero-order valence-electron chi connectivity index (χ0n) is 7.77.